The van der Waals surface area contributed by atoms with Crippen LogP contribution in [0.3, 0.4) is 0 Å². The number of phenolic OH excluding ortho intramolecular Hbond substituents is 1. The molecule has 0 radical (unpaired) electrons. The van der Waals surface area contributed by atoms with E-state index < -0.39 is 0 Å². The van der Waals surface area contributed by atoms with Crippen LogP contribution in [0.2, 0.25) is 15.1 Å². The maximum absolute atomic E-state index is 8.95. The lowest BCUT2D eigenvalue weighted by Gasteiger charge is -1.99. The van der Waals surface area contributed by atoms with Gasteiger partial charge in [0.2, 0.25) is 6.08 Å². The Bertz CT molecular complexity index is 308. The van der Waals surface area contributed by atoms with E-state index in [2.05, 4.69) is 0 Å². The number of isocyanates is 1. The van der Waals surface area contributed by atoms with Crippen LogP contribution in [0.4, 0.5) is 0 Å². The Morgan fingerprint density at radius 2 is 1.69 bits per heavy atom. The van der Waals surface area contributed by atoms with Crippen molar-refractivity contribution in [3.8, 4) is 5.75 Å². The molecule has 3 nitrogen and oxygen atoms in total. The molecule has 6 heteroatoms. The van der Waals surface area contributed by atoms with Crippen LogP contribution < -0.4 is 0 Å². The number of nitrogens with one attached hydrogen (secondary N) is 1. The van der Waals surface area contributed by atoms with Crippen LogP contribution in [-0.2, 0) is 4.79 Å². The topological polar surface area (TPSA) is 61.2 Å². The molecule has 0 saturated carbocycles. The Morgan fingerprint density at radius 3 is 2.08 bits per heavy atom. The Hall–Kier alpha value is -0.730. The Morgan fingerprint density at radius 1 is 1.23 bits per heavy atom. The smallest absolute Gasteiger partial charge is 0.231 e. The van der Waals surface area contributed by atoms with Crippen molar-refractivity contribution >= 4 is 40.9 Å². The zero-order valence-corrected chi connectivity index (χ0v) is 8.41. The van der Waals surface area contributed by atoms with Crippen molar-refractivity contribution < 1.29 is 9.90 Å². The highest BCUT2D eigenvalue weighted by Crippen LogP contribution is 2.35. The maximum Gasteiger partial charge on any atom is 0.231 e. The summed E-state index contributed by atoms with van der Waals surface area (Å²) >= 11 is 16.6. The van der Waals surface area contributed by atoms with Gasteiger partial charge in [-0.1, -0.05) is 34.8 Å². The molecule has 0 aliphatic heterocycles. The fourth-order valence-corrected chi connectivity index (χ4v) is 1.05. The van der Waals surface area contributed by atoms with Crippen molar-refractivity contribution in [3.63, 3.8) is 0 Å². The van der Waals surface area contributed by atoms with Crippen LogP contribution in [0, 0.1) is 5.41 Å². The van der Waals surface area contributed by atoms with E-state index in [1.54, 1.807) is 0 Å². The van der Waals surface area contributed by atoms with Crippen LogP contribution in [-0.4, -0.2) is 11.2 Å². The second-order valence-electron chi connectivity index (χ2n) is 1.80. The van der Waals surface area contributed by atoms with Gasteiger partial charge in [0.25, 0.3) is 0 Å². The summed E-state index contributed by atoms with van der Waals surface area (Å²) in [5, 5.41) is 15.0. The molecule has 0 amide bonds. The van der Waals surface area contributed by atoms with Gasteiger partial charge in [0, 0.05) is 0 Å². The molecule has 1 aromatic rings. The van der Waals surface area contributed by atoms with Gasteiger partial charge >= 0.3 is 0 Å². The molecule has 2 N–H and O–H groups in total. The molecule has 13 heavy (non-hydrogen) atoms. The summed E-state index contributed by atoms with van der Waals surface area (Å²) < 4.78 is 0. The van der Waals surface area contributed by atoms with Gasteiger partial charge in [-0.25, -0.2) is 10.2 Å². The Kier molecular flexibility index (Phi) is 5.51. The molecule has 0 fully saturated rings. The van der Waals surface area contributed by atoms with Gasteiger partial charge in [0.15, 0.2) is 0 Å². The first-order valence-electron chi connectivity index (χ1n) is 2.91. The summed E-state index contributed by atoms with van der Waals surface area (Å²) in [5.74, 6) is -0.0592. The number of hydrogen-bond donors (Lipinski definition) is 2. The molecular formula is C7H4Cl3NO2. The SMILES string of the molecule is N=C=O.Oc1ccc(Cl)c(Cl)c1Cl. The number of benzene rings is 1. The molecular weight excluding hydrogens is 236 g/mol. The van der Waals surface area contributed by atoms with E-state index in [1.807, 2.05) is 0 Å². The minimum absolute atomic E-state index is 0.0592. The highest BCUT2D eigenvalue weighted by atomic mass is 35.5. The minimum atomic E-state index is -0.0592. The van der Waals surface area contributed by atoms with E-state index >= 15 is 0 Å². The normalized spacial score (nSPS) is 8.23. The van der Waals surface area contributed by atoms with Crippen molar-refractivity contribution in [2.75, 3.05) is 0 Å². The summed E-state index contributed by atoms with van der Waals surface area (Å²) in [6.07, 6.45) is 0.750. The Balaban J connectivity index is 0.000000424. The highest BCUT2D eigenvalue weighted by Gasteiger charge is 2.06. The quantitative estimate of drug-likeness (QED) is 0.415. The second-order valence-corrected chi connectivity index (χ2v) is 2.96. The summed E-state index contributed by atoms with van der Waals surface area (Å²) in [4.78, 5) is 8.35. The monoisotopic (exact) mass is 239 g/mol. The van der Waals surface area contributed by atoms with Gasteiger partial charge in [-0.05, 0) is 12.1 Å². The minimum Gasteiger partial charge on any atom is -0.506 e. The predicted octanol–water partition coefficient (Wildman–Crippen LogP) is 3.25. The first-order valence-corrected chi connectivity index (χ1v) is 4.04. The number of rotatable bonds is 0. The number of aromatic hydroxyl groups is 1. The molecule has 0 unspecified atom stereocenters. The van der Waals surface area contributed by atoms with Gasteiger partial charge < -0.3 is 5.11 Å². The first-order chi connectivity index (χ1) is 6.04. The lowest BCUT2D eigenvalue weighted by atomic mass is 10.3. The van der Waals surface area contributed by atoms with Crippen molar-refractivity contribution in [2.45, 2.75) is 0 Å². The average Bonchev–Trinajstić information content (AvgIpc) is 2.10. The maximum atomic E-state index is 8.95. The average molecular weight is 240 g/mol. The first kappa shape index (κ1) is 12.3. The number of hydrogen-bond acceptors (Lipinski definition) is 3. The predicted molar refractivity (Wildman–Crippen MR) is 51.6 cm³/mol. The van der Waals surface area contributed by atoms with E-state index in [1.165, 1.54) is 12.1 Å². The van der Waals surface area contributed by atoms with Gasteiger partial charge in [0.05, 0.1) is 10.0 Å². The highest BCUT2D eigenvalue weighted by molar-refractivity contribution is 6.48. The van der Waals surface area contributed by atoms with Crippen molar-refractivity contribution in [2.24, 2.45) is 0 Å². The van der Waals surface area contributed by atoms with Crippen LogP contribution >= 0.6 is 34.8 Å². The van der Waals surface area contributed by atoms with E-state index in [0.717, 1.165) is 6.08 Å². The number of phenols is 1. The van der Waals surface area contributed by atoms with E-state index in [-0.39, 0.29) is 15.8 Å². The molecule has 0 aromatic heterocycles. The van der Waals surface area contributed by atoms with Crippen molar-refractivity contribution in [3.05, 3.63) is 27.2 Å². The van der Waals surface area contributed by atoms with Crippen LogP contribution in [0.15, 0.2) is 12.1 Å². The zero-order valence-electron chi connectivity index (χ0n) is 6.14. The van der Waals surface area contributed by atoms with Crippen molar-refractivity contribution in [1.82, 2.24) is 0 Å². The van der Waals surface area contributed by atoms with Crippen LogP contribution in [0.1, 0.15) is 0 Å². The second kappa shape index (κ2) is 5.84. The van der Waals surface area contributed by atoms with Crippen LogP contribution in [0.5, 0.6) is 5.75 Å². The zero-order chi connectivity index (χ0) is 10.4. The lowest BCUT2D eigenvalue weighted by Crippen LogP contribution is -1.71. The van der Waals surface area contributed by atoms with Gasteiger partial charge in [-0.2, -0.15) is 0 Å². The molecule has 70 valence electrons. The largest absolute Gasteiger partial charge is 0.506 e. The van der Waals surface area contributed by atoms with Gasteiger partial charge in [0.1, 0.15) is 10.8 Å². The Labute approximate surface area is 89.4 Å². The van der Waals surface area contributed by atoms with Gasteiger partial charge in [-0.3, -0.25) is 0 Å². The van der Waals surface area contributed by atoms with E-state index in [9.17, 15) is 0 Å². The molecule has 0 heterocycles. The molecule has 1 rings (SSSR count). The summed E-state index contributed by atoms with van der Waals surface area (Å²) in [6.45, 7) is 0. The van der Waals surface area contributed by atoms with E-state index in [4.69, 9.17) is 50.1 Å². The van der Waals surface area contributed by atoms with E-state index in [0.29, 0.717) is 5.02 Å². The fourth-order valence-electron chi connectivity index (χ4n) is 0.516. The van der Waals surface area contributed by atoms with Crippen molar-refractivity contribution in [1.29, 1.82) is 5.41 Å². The summed E-state index contributed by atoms with van der Waals surface area (Å²) in [6, 6.07) is 2.86. The summed E-state index contributed by atoms with van der Waals surface area (Å²) in [5.41, 5.74) is 0. The fraction of sp³-hybridized carbons (Fsp3) is 0. The standard InChI is InChI=1S/C6H3Cl3O.CHNO/c7-3-1-2-4(10)6(9)5(3)8;2-1-3/h1-2,10H;2H. The number of carbonyl (C=O) groups excluding carboxylic acids is 1. The van der Waals surface area contributed by atoms with Gasteiger partial charge in [-0.15, -0.1) is 0 Å². The molecule has 0 atom stereocenters. The summed E-state index contributed by atoms with van der Waals surface area (Å²) in [7, 11) is 0. The molecule has 0 spiro atoms. The molecule has 0 bridgehead atoms. The molecule has 0 saturated heterocycles. The molecule has 0 aliphatic rings. The lowest BCUT2D eigenvalue weighted by molar-refractivity contribution is 0.475. The number of halogens is 3. The third kappa shape index (κ3) is 3.66. The molecule has 1 aromatic carbocycles. The third-order valence-corrected chi connectivity index (χ3v) is 2.30. The van der Waals surface area contributed by atoms with Crippen LogP contribution in [0.25, 0.3) is 0 Å². The molecule has 0 aliphatic carbocycles. The third-order valence-electron chi connectivity index (χ3n) is 1.01.